The maximum absolute atomic E-state index is 5.76. The van der Waals surface area contributed by atoms with Gasteiger partial charge in [0, 0.05) is 0 Å². The second-order valence-corrected chi connectivity index (χ2v) is 4.72. The fourth-order valence-electron chi connectivity index (χ4n) is 1.95. The van der Waals surface area contributed by atoms with Gasteiger partial charge in [-0.3, -0.25) is 0 Å². The smallest absolute Gasteiger partial charge is 0.203 e. The Bertz CT molecular complexity index is 511. The number of rotatable bonds is 1. The van der Waals surface area contributed by atoms with Crippen LogP contribution >= 0.6 is 11.3 Å². The second-order valence-electron chi connectivity index (χ2n) is 3.68. The van der Waals surface area contributed by atoms with Crippen molar-refractivity contribution < 1.29 is 4.74 Å². The first-order valence-electron chi connectivity index (χ1n) is 5.13. The van der Waals surface area contributed by atoms with Crippen LogP contribution in [-0.4, -0.2) is 16.8 Å². The van der Waals surface area contributed by atoms with E-state index in [1.165, 1.54) is 22.5 Å². The molecule has 3 rings (SSSR count). The van der Waals surface area contributed by atoms with Crippen molar-refractivity contribution in [3.63, 3.8) is 0 Å². The predicted molar refractivity (Wildman–Crippen MR) is 62.3 cm³/mol. The summed E-state index contributed by atoms with van der Waals surface area (Å²) in [5.74, 6) is 0. The zero-order chi connectivity index (χ0) is 11.0. The SMILES string of the molecule is Nc1nnc(C2OCCc3ccccc32)s1. The molecule has 1 aromatic heterocycles. The minimum Gasteiger partial charge on any atom is -0.374 e. The molecular weight excluding hydrogens is 222 g/mol. The number of fused-ring (bicyclic) bond motifs is 1. The number of anilines is 1. The molecule has 1 aliphatic heterocycles. The van der Waals surface area contributed by atoms with Crippen molar-refractivity contribution in [1.82, 2.24) is 10.2 Å². The quantitative estimate of drug-likeness (QED) is 0.815. The first kappa shape index (κ1) is 9.74. The summed E-state index contributed by atoms with van der Waals surface area (Å²) in [6.07, 6.45) is 0.862. The maximum atomic E-state index is 5.76. The average molecular weight is 233 g/mol. The summed E-state index contributed by atoms with van der Waals surface area (Å²) in [5, 5.41) is 9.21. The zero-order valence-corrected chi connectivity index (χ0v) is 9.41. The molecule has 0 saturated heterocycles. The van der Waals surface area contributed by atoms with Gasteiger partial charge in [-0.05, 0) is 17.5 Å². The van der Waals surface area contributed by atoms with E-state index < -0.39 is 0 Å². The van der Waals surface area contributed by atoms with E-state index in [9.17, 15) is 0 Å². The Morgan fingerprint density at radius 2 is 2.19 bits per heavy atom. The number of ether oxygens (including phenoxy) is 1. The molecule has 1 aromatic carbocycles. The molecule has 2 N–H and O–H groups in total. The fourth-order valence-corrected chi connectivity index (χ4v) is 2.63. The Hall–Kier alpha value is -1.46. The van der Waals surface area contributed by atoms with Crippen LogP contribution in [0.1, 0.15) is 22.2 Å². The summed E-state index contributed by atoms with van der Waals surface area (Å²) in [5.41, 5.74) is 8.11. The molecule has 0 radical (unpaired) electrons. The number of nitrogen functional groups attached to an aromatic ring is 1. The van der Waals surface area contributed by atoms with Crippen LogP contribution < -0.4 is 5.73 Å². The lowest BCUT2D eigenvalue weighted by atomic mass is 9.98. The molecule has 1 aliphatic rings. The molecule has 16 heavy (non-hydrogen) atoms. The summed E-state index contributed by atoms with van der Waals surface area (Å²) in [6.45, 7) is 0.723. The second kappa shape index (κ2) is 3.84. The number of hydrogen-bond donors (Lipinski definition) is 1. The van der Waals surface area contributed by atoms with Gasteiger partial charge in [-0.25, -0.2) is 0 Å². The number of benzene rings is 1. The Balaban J connectivity index is 2.04. The third-order valence-corrected chi connectivity index (χ3v) is 3.47. The molecule has 1 atom stereocenters. The summed E-state index contributed by atoms with van der Waals surface area (Å²) in [4.78, 5) is 0. The Kier molecular flexibility index (Phi) is 2.34. The topological polar surface area (TPSA) is 61.0 Å². The van der Waals surface area contributed by atoms with Crippen LogP contribution in [-0.2, 0) is 11.2 Å². The molecule has 4 nitrogen and oxygen atoms in total. The minimum absolute atomic E-state index is 0.0975. The molecule has 0 amide bonds. The van der Waals surface area contributed by atoms with E-state index in [1.807, 2.05) is 6.07 Å². The fraction of sp³-hybridized carbons (Fsp3) is 0.273. The third kappa shape index (κ3) is 1.58. The zero-order valence-electron chi connectivity index (χ0n) is 8.59. The summed E-state index contributed by atoms with van der Waals surface area (Å²) < 4.78 is 5.76. The molecule has 2 heterocycles. The molecular formula is C11H11N3OS. The summed E-state index contributed by atoms with van der Waals surface area (Å²) >= 11 is 1.39. The van der Waals surface area contributed by atoms with Gasteiger partial charge in [0.25, 0.3) is 0 Å². The van der Waals surface area contributed by atoms with Gasteiger partial charge in [0.2, 0.25) is 5.13 Å². The lowest BCUT2D eigenvalue weighted by Gasteiger charge is -2.23. The normalized spacial score (nSPS) is 19.4. The lowest BCUT2D eigenvalue weighted by Crippen LogP contribution is -2.17. The molecule has 0 aliphatic carbocycles. The Labute approximate surface area is 97.1 Å². The van der Waals surface area contributed by atoms with Gasteiger partial charge in [0.1, 0.15) is 6.10 Å². The largest absolute Gasteiger partial charge is 0.374 e. The first-order chi connectivity index (χ1) is 7.84. The van der Waals surface area contributed by atoms with Gasteiger partial charge in [-0.2, -0.15) is 0 Å². The number of nitrogens with two attached hydrogens (primary N) is 1. The van der Waals surface area contributed by atoms with E-state index in [0.29, 0.717) is 5.13 Å². The number of aromatic nitrogens is 2. The van der Waals surface area contributed by atoms with Gasteiger partial charge in [-0.1, -0.05) is 35.6 Å². The van der Waals surface area contributed by atoms with Gasteiger partial charge < -0.3 is 10.5 Å². The monoisotopic (exact) mass is 233 g/mol. The van der Waals surface area contributed by atoms with Gasteiger partial charge in [0.15, 0.2) is 5.01 Å². The lowest BCUT2D eigenvalue weighted by molar-refractivity contribution is 0.0692. The first-order valence-corrected chi connectivity index (χ1v) is 5.94. The summed E-state index contributed by atoms with van der Waals surface area (Å²) in [7, 11) is 0. The van der Waals surface area contributed by atoms with Crippen molar-refractivity contribution >= 4 is 16.5 Å². The van der Waals surface area contributed by atoms with Gasteiger partial charge in [-0.15, -0.1) is 10.2 Å². The molecule has 5 heteroatoms. The van der Waals surface area contributed by atoms with Crippen LogP contribution in [0.25, 0.3) is 0 Å². The van der Waals surface area contributed by atoms with Crippen LogP contribution in [0, 0.1) is 0 Å². The molecule has 2 aromatic rings. The van der Waals surface area contributed by atoms with Crippen LogP contribution in [0.3, 0.4) is 0 Å². The predicted octanol–water partition coefficient (Wildman–Crippen LogP) is 1.78. The maximum Gasteiger partial charge on any atom is 0.203 e. The van der Waals surface area contributed by atoms with E-state index in [1.54, 1.807) is 0 Å². The molecule has 0 saturated carbocycles. The highest BCUT2D eigenvalue weighted by Crippen LogP contribution is 2.34. The van der Waals surface area contributed by atoms with E-state index in [4.69, 9.17) is 10.5 Å². The minimum atomic E-state index is -0.0975. The molecule has 1 unspecified atom stereocenters. The molecule has 82 valence electrons. The van der Waals surface area contributed by atoms with Gasteiger partial charge >= 0.3 is 0 Å². The van der Waals surface area contributed by atoms with Crippen molar-refractivity contribution in [2.24, 2.45) is 0 Å². The van der Waals surface area contributed by atoms with Crippen LogP contribution in [0.5, 0.6) is 0 Å². The van der Waals surface area contributed by atoms with Crippen molar-refractivity contribution in [2.75, 3.05) is 12.3 Å². The number of hydrogen-bond acceptors (Lipinski definition) is 5. The molecule has 0 spiro atoms. The van der Waals surface area contributed by atoms with E-state index in [0.717, 1.165) is 18.0 Å². The Morgan fingerprint density at radius 1 is 1.31 bits per heavy atom. The van der Waals surface area contributed by atoms with E-state index in [2.05, 4.69) is 28.4 Å². The highest BCUT2D eigenvalue weighted by atomic mass is 32.1. The third-order valence-electron chi connectivity index (χ3n) is 2.67. The highest BCUT2D eigenvalue weighted by molar-refractivity contribution is 7.15. The van der Waals surface area contributed by atoms with E-state index in [-0.39, 0.29) is 6.10 Å². The molecule has 0 bridgehead atoms. The Morgan fingerprint density at radius 3 is 3.00 bits per heavy atom. The average Bonchev–Trinajstić information content (AvgIpc) is 2.75. The van der Waals surface area contributed by atoms with Crippen LogP contribution in [0.2, 0.25) is 0 Å². The standard InChI is InChI=1S/C11H11N3OS/c12-11-14-13-10(16-11)9-8-4-2-1-3-7(8)5-6-15-9/h1-4,9H,5-6H2,(H2,12,14). The molecule has 0 fully saturated rings. The van der Waals surface area contributed by atoms with E-state index >= 15 is 0 Å². The van der Waals surface area contributed by atoms with Gasteiger partial charge in [0.05, 0.1) is 6.61 Å². The van der Waals surface area contributed by atoms with Crippen molar-refractivity contribution in [3.05, 3.63) is 40.4 Å². The number of nitrogens with zero attached hydrogens (tertiary/aromatic N) is 2. The van der Waals surface area contributed by atoms with Crippen molar-refractivity contribution in [3.8, 4) is 0 Å². The van der Waals surface area contributed by atoms with Crippen LogP contribution in [0.15, 0.2) is 24.3 Å². The van der Waals surface area contributed by atoms with Crippen molar-refractivity contribution in [1.29, 1.82) is 0 Å². The van der Waals surface area contributed by atoms with Crippen molar-refractivity contribution in [2.45, 2.75) is 12.5 Å². The summed E-state index contributed by atoms with van der Waals surface area (Å²) in [6, 6.07) is 8.28. The van der Waals surface area contributed by atoms with Crippen LogP contribution in [0.4, 0.5) is 5.13 Å². The highest BCUT2D eigenvalue weighted by Gasteiger charge is 2.25.